The summed E-state index contributed by atoms with van der Waals surface area (Å²) in [6.07, 6.45) is 14.9. The zero-order chi connectivity index (χ0) is 21.6. The van der Waals surface area contributed by atoms with Gasteiger partial charge < -0.3 is 14.2 Å². The largest absolute Gasteiger partial charge is 0.381 e. The van der Waals surface area contributed by atoms with E-state index in [1.54, 1.807) is 5.57 Å². The van der Waals surface area contributed by atoms with Gasteiger partial charge in [-0.05, 0) is 91.8 Å². The van der Waals surface area contributed by atoms with Gasteiger partial charge in [0.05, 0.1) is 18.8 Å². The maximum Gasteiger partial charge on any atom is 0.171 e. The van der Waals surface area contributed by atoms with Crippen molar-refractivity contribution in [3.05, 3.63) is 11.6 Å². The van der Waals surface area contributed by atoms with Gasteiger partial charge in [0.1, 0.15) is 0 Å². The van der Waals surface area contributed by atoms with Gasteiger partial charge in [-0.3, -0.25) is 0 Å². The molecule has 2 heterocycles. The molecule has 0 aromatic heterocycles. The van der Waals surface area contributed by atoms with Crippen LogP contribution in [0.15, 0.2) is 11.6 Å². The Balaban J connectivity index is 1.27. The number of hydrogen-bond donors (Lipinski definition) is 0. The van der Waals surface area contributed by atoms with Crippen LogP contribution in [-0.4, -0.2) is 31.7 Å². The van der Waals surface area contributed by atoms with Crippen molar-refractivity contribution < 1.29 is 14.2 Å². The number of fused-ring (bicyclic) bond motifs is 7. The van der Waals surface area contributed by atoms with Gasteiger partial charge in [-0.15, -0.1) is 0 Å². The summed E-state index contributed by atoms with van der Waals surface area (Å²) in [6, 6.07) is 0. The second-order valence-corrected chi connectivity index (χ2v) is 12.9. The van der Waals surface area contributed by atoms with E-state index in [0.717, 1.165) is 30.8 Å². The summed E-state index contributed by atoms with van der Waals surface area (Å²) >= 11 is 0. The van der Waals surface area contributed by atoms with Crippen LogP contribution in [0.25, 0.3) is 0 Å². The lowest BCUT2D eigenvalue weighted by Crippen LogP contribution is -2.52. The smallest absolute Gasteiger partial charge is 0.171 e. The van der Waals surface area contributed by atoms with Crippen molar-refractivity contribution in [1.29, 1.82) is 0 Å². The second-order valence-electron chi connectivity index (χ2n) is 12.9. The van der Waals surface area contributed by atoms with E-state index in [9.17, 15) is 0 Å². The molecule has 3 heteroatoms. The molecule has 1 spiro atoms. The second kappa shape index (κ2) is 7.06. The van der Waals surface area contributed by atoms with Gasteiger partial charge in [-0.1, -0.05) is 39.3 Å². The Bertz CT molecular complexity index is 751. The fourth-order valence-electron chi connectivity index (χ4n) is 9.85. The number of hydrogen-bond acceptors (Lipinski definition) is 3. The number of allylic oxidation sites excluding steroid dienone is 1. The van der Waals surface area contributed by atoms with Crippen LogP contribution in [0, 0.1) is 46.3 Å². The van der Waals surface area contributed by atoms with Crippen LogP contribution in [-0.2, 0) is 14.2 Å². The highest BCUT2D eigenvalue weighted by molar-refractivity contribution is 5.26. The molecular formula is C28H44O3. The normalized spacial score (nSPS) is 58.3. The Morgan fingerprint density at radius 3 is 2.61 bits per heavy atom. The van der Waals surface area contributed by atoms with Crippen molar-refractivity contribution in [2.45, 2.75) is 103 Å². The van der Waals surface area contributed by atoms with Gasteiger partial charge >= 0.3 is 0 Å². The number of ether oxygens (including phenoxy) is 3. The Morgan fingerprint density at radius 2 is 1.87 bits per heavy atom. The zero-order valence-electron chi connectivity index (χ0n) is 20.5. The molecule has 0 aromatic carbocycles. The molecule has 2 saturated heterocycles. The first-order chi connectivity index (χ1) is 14.8. The van der Waals surface area contributed by atoms with E-state index in [-0.39, 0.29) is 5.79 Å². The number of rotatable bonds is 1. The predicted molar refractivity (Wildman–Crippen MR) is 122 cm³/mol. The van der Waals surface area contributed by atoms with Gasteiger partial charge in [0.2, 0.25) is 0 Å². The summed E-state index contributed by atoms with van der Waals surface area (Å²) in [7, 11) is 1.90. The lowest BCUT2D eigenvalue weighted by molar-refractivity contribution is -0.272. The molecule has 0 amide bonds. The van der Waals surface area contributed by atoms with Crippen molar-refractivity contribution in [2.24, 2.45) is 46.3 Å². The third-order valence-electron chi connectivity index (χ3n) is 11.7. The Hall–Kier alpha value is -0.380. The molecule has 174 valence electrons. The van der Waals surface area contributed by atoms with Crippen molar-refractivity contribution in [1.82, 2.24) is 0 Å². The van der Waals surface area contributed by atoms with E-state index >= 15 is 0 Å². The quantitative estimate of drug-likeness (QED) is 0.454. The average Bonchev–Trinajstić information content (AvgIpc) is 3.20. The van der Waals surface area contributed by atoms with Crippen LogP contribution < -0.4 is 0 Å². The van der Waals surface area contributed by atoms with E-state index in [4.69, 9.17) is 14.2 Å². The summed E-state index contributed by atoms with van der Waals surface area (Å²) in [5, 5.41) is 0. The molecule has 0 bridgehead atoms. The molecule has 6 rings (SSSR count). The van der Waals surface area contributed by atoms with Crippen LogP contribution >= 0.6 is 0 Å². The molecule has 6 aliphatic rings. The molecule has 3 saturated carbocycles. The Morgan fingerprint density at radius 1 is 1.03 bits per heavy atom. The van der Waals surface area contributed by atoms with Crippen molar-refractivity contribution in [2.75, 3.05) is 13.7 Å². The zero-order valence-corrected chi connectivity index (χ0v) is 20.5. The molecule has 4 aliphatic carbocycles. The van der Waals surface area contributed by atoms with Crippen LogP contribution in [0.2, 0.25) is 0 Å². The van der Waals surface area contributed by atoms with E-state index in [0.29, 0.717) is 40.8 Å². The average molecular weight is 429 g/mol. The highest BCUT2D eigenvalue weighted by Gasteiger charge is 2.68. The summed E-state index contributed by atoms with van der Waals surface area (Å²) < 4.78 is 19.2. The van der Waals surface area contributed by atoms with Gasteiger partial charge in [0.15, 0.2) is 5.79 Å². The highest BCUT2D eigenvalue weighted by atomic mass is 16.7. The fourth-order valence-corrected chi connectivity index (χ4v) is 9.85. The molecule has 2 aliphatic heterocycles. The summed E-state index contributed by atoms with van der Waals surface area (Å²) in [6.45, 7) is 10.9. The first-order valence-corrected chi connectivity index (χ1v) is 13.3. The minimum atomic E-state index is -0.281. The molecule has 31 heavy (non-hydrogen) atoms. The standard InChI is InChI=1S/C28H44O3/c1-17-8-13-28(30-16-17)18(2)25-24(31-28)15-23-21-7-6-19-14-20(29-5)9-11-26(19,3)22(21)10-12-27(23,25)4/h6,17-18,20-25H,7-16H2,1-5H3/t17?,18-,20-,21-,22+,23-,24-,25-,26+,27-,28+/m0/s1. The minimum absolute atomic E-state index is 0.281. The summed E-state index contributed by atoms with van der Waals surface area (Å²) in [4.78, 5) is 0. The van der Waals surface area contributed by atoms with Crippen molar-refractivity contribution >= 4 is 0 Å². The van der Waals surface area contributed by atoms with Crippen LogP contribution in [0.3, 0.4) is 0 Å². The molecule has 0 N–H and O–H groups in total. The SMILES string of the molecule is CO[C@H]1CC[C@]2(C)C(=CC[C@H]3[C@H]2CC[C@]2(C)[C@@H]4[C@H](C[C@@H]32)O[C@]2(CCC(C)CO2)[C@H]4C)C1. The lowest BCUT2D eigenvalue weighted by Gasteiger charge is -2.58. The van der Waals surface area contributed by atoms with E-state index in [1.165, 1.54) is 51.4 Å². The van der Waals surface area contributed by atoms with Crippen LogP contribution in [0.4, 0.5) is 0 Å². The molecular weight excluding hydrogens is 384 g/mol. The first kappa shape index (κ1) is 21.2. The topological polar surface area (TPSA) is 27.7 Å². The predicted octanol–water partition coefficient (Wildman–Crippen LogP) is 6.37. The maximum absolute atomic E-state index is 6.92. The molecule has 0 radical (unpaired) electrons. The first-order valence-electron chi connectivity index (χ1n) is 13.3. The molecule has 11 atom stereocenters. The summed E-state index contributed by atoms with van der Waals surface area (Å²) in [5.74, 6) is 4.12. The Labute approximate surface area is 189 Å². The molecule has 5 fully saturated rings. The van der Waals surface area contributed by atoms with Crippen molar-refractivity contribution in [3.63, 3.8) is 0 Å². The maximum atomic E-state index is 6.92. The highest BCUT2D eigenvalue weighted by Crippen LogP contribution is 2.70. The van der Waals surface area contributed by atoms with Crippen molar-refractivity contribution in [3.8, 4) is 0 Å². The minimum Gasteiger partial charge on any atom is -0.381 e. The van der Waals surface area contributed by atoms with E-state index < -0.39 is 0 Å². The third kappa shape index (κ3) is 2.81. The van der Waals surface area contributed by atoms with E-state index in [2.05, 4.69) is 33.8 Å². The Kier molecular flexibility index (Phi) is 4.82. The van der Waals surface area contributed by atoms with E-state index in [1.807, 2.05) is 7.11 Å². The molecule has 0 aromatic rings. The summed E-state index contributed by atoms with van der Waals surface area (Å²) in [5.41, 5.74) is 2.56. The van der Waals surface area contributed by atoms with Gasteiger partial charge in [0.25, 0.3) is 0 Å². The van der Waals surface area contributed by atoms with Gasteiger partial charge in [-0.2, -0.15) is 0 Å². The van der Waals surface area contributed by atoms with Gasteiger partial charge in [0, 0.05) is 19.4 Å². The van der Waals surface area contributed by atoms with Crippen LogP contribution in [0.1, 0.15) is 85.5 Å². The van der Waals surface area contributed by atoms with Crippen LogP contribution in [0.5, 0.6) is 0 Å². The molecule has 3 nitrogen and oxygen atoms in total. The molecule has 1 unspecified atom stereocenters. The third-order valence-corrected chi connectivity index (χ3v) is 11.7. The lowest BCUT2D eigenvalue weighted by atomic mass is 9.47. The number of methoxy groups -OCH3 is 1. The van der Waals surface area contributed by atoms with Gasteiger partial charge in [-0.25, -0.2) is 0 Å². The fraction of sp³-hybridized carbons (Fsp3) is 0.929. The monoisotopic (exact) mass is 428 g/mol.